The molecular formula is C24Fe2Ir2N24Zn6. The van der Waals surface area contributed by atoms with Crippen LogP contribution in [0.5, 0.6) is 0 Å². The van der Waals surface area contributed by atoms with Gasteiger partial charge in [0.15, 0.2) is 0 Å². The van der Waals surface area contributed by atoms with E-state index in [1.807, 2.05) is 0 Å². The van der Waals surface area contributed by atoms with E-state index in [9.17, 15) is 0 Å². The van der Waals surface area contributed by atoms with Gasteiger partial charge in [-0.2, -0.15) is 0 Å². The minimum absolute atomic E-state index is 0. The molecule has 0 bridgehead atoms. The molecule has 262 valence electrons. The van der Waals surface area contributed by atoms with Crippen molar-refractivity contribution in [2.24, 2.45) is 0 Å². The van der Waals surface area contributed by atoms with Crippen LogP contribution in [0.3, 0.4) is 0 Å². The van der Waals surface area contributed by atoms with Crippen molar-refractivity contribution in [3.8, 4) is 115 Å². The first kappa shape index (κ1) is 76.5. The Labute approximate surface area is 399 Å². The Kier molecular flexibility index (Phi) is 27.5. The molecule has 0 unspecified atom stereocenters. The number of nitrogens with zero attached hydrogens (tertiary/aromatic N) is 24. The maximum absolute atomic E-state index is 8.60. The van der Waals surface area contributed by atoms with E-state index < -0.39 is 47.2 Å². The van der Waals surface area contributed by atoms with Gasteiger partial charge in [0.05, 0.1) is 0 Å². The molecule has 0 spiro atoms. The van der Waals surface area contributed by atoms with Crippen molar-refractivity contribution < 1.29 is 164 Å². The molecule has 0 aliphatic heterocycles. The Morgan fingerprint density at radius 2 is 0.241 bits per heavy atom. The monoisotopic (exact) mass is 1510 g/mol. The molecule has 0 N–H and O–H groups in total. The van der Waals surface area contributed by atoms with Crippen LogP contribution in [0.1, 0.15) is 0 Å². The van der Waals surface area contributed by atoms with Crippen LogP contribution in [0.15, 0.2) is 0 Å². The Morgan fingerprint density at radius 3 is 0.241 bits per heavy atom. The van der Waals surface area contributed by atoms with Gasteiger partial charge in [0.25, 0.3) is 0 Å². The number of hydrogen-bond acceptors (Lipinski definition) is 24. The second-order valence-corrected chi connectivity index (χ2v) is 42.6. The third kappa shape index (κ3) is 9.17. The quantitative estimate of drug-likeness (QED) is 0.296. The van der Waals surface area contributed by atoms with E-state index in [1.165, 1.54) is 0 Å². The Balaban J connectivity index is -0.0000000640. The van der Waals surface area contributed by atoms with Crippen molar-refractivity contribution in [3.63, 3.8) is 0 Å². The van der Waals surface area contributed by atoms with Crippen LogP contribution in [-0.2, 0) is 164 Å². The van der Waals surface area contributed by atoms with Crippen molar-refractivity contribution in [2.75, 3.05) is 0 Å². The van der Waals surface area contributed by atoms with Crippen LogP contribution >= 0.6 is 0 Å². The number of hydrogen-bond donors (Lipinski definition) is 0. The Morgan fingerprint density at radius 1 is 0.172 bits per heavy atom. The minimum atomic E-state index is -6.69. The van der Waals surface area contributed by atoms with E-state index in [1.54, 1.807) is 0 Å². The zero-order valence-corrected chi connectivity index (χ0v) is 53.2. The molecule has 0 saturated carbocycles. The zero-order valence-electron chi connectivity index (χ0n) is 28.3. The molecule has 58 heavy (non-hydrogen) atoms. The van der Waals surface area contributed by atoms with Gasteiger partial charge >= 0.3 is 405 Å². The van der Waals surface area contributed by atoms with Gasteiger partial charge in [-0.3, -0.25) is 0 Å². The molecule has 0 aliphatic rings. The van der Waals surface area contributed by atoms with Crippen molar-refractivity contribution >= 4 is 0 Å². The molecule has 0 amide bonds. The van der Waals surface area contributed by atoms with Gasteiger partial charge in [0, 0.05) is 0 Å². The first-order chi connectivity index (χ1) is 23.9. The topological polar surface area (TPSA) is 571 Å². The van der Waals surface area contributed by atoms with Crippen molar-refractivity contribution in [2.45, 2.75) is 0 Å². The predicted octanol–water partition coefficient (Wildman–Crippen LogP) is 0.378. The van der Waals surface area contributed by atoms with Crippen molar-refractivity contribution in [1.29, 1.82) is 126 Å². The average molecular weight is 1510 g/mol. The summed E-state index contributed by atoms with van der Waals surface area (Å²) in [7, 11) is -12.3. The second-order valence-electron chi connectivity index (χ2n) is 6.99. The largest absolute Gasteiger partial charge is 2.00 e. The van der Waals surface area contributed by atoms with E-state index in [2.05, 4.69) is 0 Å². The third-order valence-corrected chi connectivity index (χ3v) is 28.1. The molecule has 34 heteroatoms. The summed E-state index contributed by atoms with van der Waals surface area (Å²) in [5, 5.41) is 206. The molecule has 0 rings (SSSR count). The van der Waals surface area contributed by atoms with E-state index in [-0.39, 0.29) is 117 Å². The third-order valence-electron chi connectivity index (χ3n) is 4.61. The fourth-order valence-corrected chi connectivity index (χ4v) is 6.28. The van der Waals surface area contributed by atoms with Crippen LogP contribution in [-0.4, -0.2) is 0 Å². The molecule has 0 saturated heterocycles. The molecule has 24 nitrogen and oxygen atoms in total. The maximum Gasteiger partial charge on any atom is 2.00 e. The SMILES string of the molecule is N#[C][Fe-3]([C]#N)([C]#N)([C]#N)([C]#N)[C]#N.N#[C][Fe-3]([C]#N)([C]#N)([C]#N)([C]#N)[C]#N.N#[C][Ir-3]([C]#N)([C]#N)([C]#N)([C]#N)[C]#N.N#[C][Ir-3]([C]#N)([C]#N)([C]#N)([C]#N)[C]#N.[Zn+2].[Zn+2].[Zn+2].[Zn+2].[Zn+2].[Zn+2]. The molecule has 0 aromatic heterocycles. The smallest absolute Gasteiger partial charge is 2.00 e. The predicted molar refractivity (Wildman–Crippen MR) is 135 cm³/mol. The molecular weight excluding hydrogens is 1510 g/mol. The van der Waals surface area contributed by atoms with Gasteiger partial charge < -0.3 is 0 Å². The summed E-state index contributed by atoms with van der Waals surface area (Å²) in [6.07, 6.45) is 0. The van der Waals surface area contributed by atoms with E-state index in [4.69, 9.17) is 126 Å². The van der Waals surface area contributed by atoms with Crippen molar-refractivity contribution in [3.05, 3.63) is 0 Å². The summed E-state index contributed by atoms with van der Waals surface area (Å²) >= 11 is -13.4. The summed E-state index contributed by atoms with van der Waals surface area (Å²) in [4.78, 5) is 12.4. The van der Waals surface area contributed by atoms with Crippen LogP contribution in [0, 0.1) is 241 Å². The number of nitriles is 24. The first-order valence-corrected chi connectivity index (χ1v) is 30.5. The van der Waals surface area contributed by atoms with Gasteiger partial charge in [-0.15, -0.1) is 0 Å². The van der Waals surface area contributed by atoms with Gasteiger partial charge in [0.2, 0.25) is 0 Å². The van der Waals surface area contributed by atoms with Crippen LogP contribution < -0.4 is 0 Å². The Hall–Kier alpha value is -6.16. The van der Waals surface area contributed by atoms with Gasteiger partial charge in [0.1, 0.15) is 0 Å². The van der Waals surface area contributed by atoms with Crippen LogP contribution in [0.25, 0.3) is 0 Å². The molecule has 0 fully saturated rings. The van der Waals surface area contributed by atoms with Crippen LogP contribution in [0.4, 0.5) is 0 Å². The van der Waals surface area contributed by atoms with E-state index in [0.717, 1.165) is 115 Å². The van der Waals surface area contributed by atoms with Crippen LogP contribution in [0.2, 0.25) is 0 Å². The standard InChI is InChI=1S/24CN.2Fe.2Ir.6Zn/c24*1-2;;;;;;;;;;/q;;;;;;;;;;;;;;;;;;;;;;;;4*-3;6*+2. The normalized spacial score (nSPS) is 12.0. The molecule has 0 atom stereocenters. The Bertz CT molecular complexity index is 1990. The van der Waals surface area contributed by atoms with Gasteiger partial charge in [-0.05, 0) is 0 Å². The number of rotatable bonds is 0. The second kappa shape index (κ2) is 20.8. The summed E-state index contributed by atoms with van der Waals surface area (Å²) < 4.78 is 12.9. The van der Waals surface area contributed by atoms with E-state index >= 15 is 0 Å². The fraction of sp³-hybridized carbons (Fsp3) is 0. The average Bonchev–Trinajstić information content (AvgIpc) is 3.27. The van der Waals surface area contributed by atoms with E-state index in [0.29, 0.717) is 0 Å². The molecule has 0 heterocycles. The summed E-state index contributed by atoms with van der Waals surface area (Å²) in [5.74, 6) is 0. The summed E-state index contributed by atoms with van der Waals surface area (Å²) in [5.41, 5.74) is 0. The van der Waals surface area contributed by atoms with Gasteiger partial charge in [-0.1, -0.05) is 0 Å². The van der Waals surface area contributed by atoms with Gasteiger partial charge in [-0.25, -0.2) is 0 Å². The summed E-state index contributed by atoms with van der Waals surface area (Å²) in [6, 6.07) is 0. The van der Waals surface area contributed by atoms with Crippen molar-refractivity contribution in [1.82, 2.24) is 0 Å². The molecule has 0 aliphatic carbocycles. The molecule has 0 aromatic carbocycles. The minimum Gasteiger partial charge on any atom is 2.00 e. The zero-order chi connectivity index (χ0) is 42.6. The first-order valence-electron chi connectivity index (χ1n) is 9.49. The summed E-state index contributed by atoms with van der Waals surface area (Å²) in [6.45, 7) is 0. The molecule has 0 radical (unpaired) electrons. The maximum atomic E-state index is 8.60. The molecule has 0 aromatic rings. The fourth-order valence-electron chi connectivity index (χ4n) is 1.03.